The largest absolute Gasteiger partial charge is 0.480 e. The second-order valence-corrected chi connectivity index (χ2v) is 6.13. The topological polar surface area (TPSA) is 52.6 Å². The molecule has 0 saturated carbocycles. The molecular weight excluding hydrogens is 276 g/mol. The van der Waals surface area contributed by atoms with Crippen molar-refractivity contribution in [1.82, 2.24) is 10.2 Å². The minimum Gasteiger partial charge on any atom is -0.480 e. The molecule has 4 nitrogen and oxygen atoms in total. The fourth-order valence-electron chi connectivity index (χ4n) is 3.41. The molecule has 1 aromatic rings. The van der Waals surface area contributed by atoms with Crippen LogP contribution in [0.15, 0.2) is 18.2 Å². The minimum atomic E-state index is -0.793. The zero-order valence-corrected chi connectivity index (χ0v) is 12.1. The first-order valence-corrected chi connectivity index (χ1v) is 7.46. The number of halogens is 1. The molecule has 1 heterocycles. The predicted octanol–water partition coefficient (Wildman–Crippen LogP) is 1.56. The van der Waals surface area contributed by atoms with E-state index < -0.39 is 11.5 Å². The number of aliphatic carboxylic acids is 1. The number of nitrogens with zero attached hydrogens (tertiary/aromatic N) is 1. The van der Waals surface area contributed by atoms with Crippen LogP contribution in [0.4, 0.5) is 0 Å². The third kappa shape index (κ3) is 2.32. The van der Waals surface area contributed by atoms with E-state index >= 15 is 0 Å². The molecule has 1 aromatic carbocycles. The van der Waals surface area contributed by atoms with Gasteiger partial charge in [-0.25, -0.2) is 0 Å². The molecule has 0 aromatic heterocycles. The zero-order chi connectivity index (χ0) is 14.2. The van der Waals surface area contributed by atoms with E-state index in [0.29, 0.717) is 17.9 Å². The Labute approximate surface area is 123 Å². The van der Waals surface area contributed by atoms with E-state index in [1.54, 1.807) is 0 Å². The lowest BCUT2D eigenvalue weighted by atomic mass is 9.93. The average Bonchev–Trinajstić information content (AvgIpc) is 2.60. The van der Waals surface area contributed by atoms with E-state index in [0.717, 1.165) is 43.7 Å². The highest BCUT2D eigenvalue weighted by molar-refractivity contribution is 6.30. The van der Waals surface area contributed by atoms with Crippen LogP contribution in [0.2, 0.25) is 5.02 Å². The van der Waals surface area contributed by atoms with Crippen molar-refractivity contribution in [3.63, 3.8) is 0 Å². The number of hydrogen-bond donors (Lipinski definition) is 2. The van der Waals surface area contributed by atoms with Crippen LogP contribution in [0.25, 0.3) is 0 Å². The van der Waals surface area contributed by atoms with Gasteiger partial charge in [0.25, 0.3) is 0 Å². The highest BCUT2D eigenvalue weighted by Gasteiger charge is 2.48. The Kier molecular flexibility index (Phi) is 3.71. The summed E-state index contributed by atoms with van der Waals surface area (Å²) in [7, 11) is 0. The molecule has 0 radical (unpaired) electrons. The summed E-state index contributed by atoms with van der Waals surface area (Å²) in [5, 5.41) is 13.9. The fraction of sp³-hybridized carbons (Fsp3) is 0.533. The van der Waals surface area contributed by atoms with Crippen LogP contribution in [-0.2, 0) is 17.6 Å². The summed E-state index contributed by atoms with van der Waals surface area (Å²) in [5.41, 5.74) is 1.41. The Morgan fingerprint density at radius 1 is 1.25 bits per heavy atom. The van der Waals surface area contributed by atoms with Crippen LogP contribution < -0.4 is 5.32 Å². The Balaban J connectivity index is 1.93. The molecule has 1 unspecified atom stereocenters. The third-order valence-corrected chi connectivity index (χ3v) is 4.71. The van der Waals surface area contributed by atoms with E-state index in [-0.39, 0.29) is 0 Å². The summed E-state index contributed by atoms with van der Waals surface area (Å²) < 4.78 is 0. The number of carboxylic acid groups (broad SMARTS) is 1. The van der Waals surface area contributed by atoms with Gasteiger partial charge in [-0.05, 0) is 36.2 Å². The number of nitrogens with one attached hydrogen (secondary N) is 1. The smallest absolute Gasteiger partial charge is 0.324 e. The second kappa shape index (κ2) is 5.35. The van der Waals surface area contributed by atoms with Crippen LogP contribution in [0.3, 0.4) is 0 Å². The Morgan fingerprint density at radius 2 is 2.05 bits per heavy atom. The standard InChI is InChI=1S/C15H19ClN2O2/c16-13-3-2-11-9-15(14(19)20,10-12(11)8-13)18-6-1-4-17-5-7-18/h2-3,8,17H,1,4-7,9-10H2,(H,19,20). The van der Waals surface area contributed by atoms with Gasteiger partial charge in [-0.3, -0.25) is 9.69 Å². The summed E-state index contributed by atoms with van der Waals surface area (Å²) in [6.45, 7) is 3.44. The summed E-state index contributed by atoms with van der Waals surface area (Å²) >= 11 is 6.04. The molecule has 1 aliphatic heterocycles. The summed E-state index contributed by atoms with van der Waals surface area (Å²) in [5.74, 6) is -0.716. The lowest BCUT2D eigenvalue weighted by Gasteiger charge is -2.37. The lowest BCUT2D eigenvalue weighted by Crippen LogP contribution is -2.56. The van der Waals surface area contributed by atoms with Crippen molar-refractivity contribution in [3.8, 4) is 0 Å². The molecule has 20 heavy (non-hydrogen) atoms. The van der Waals surface area contributed by atoms with Crippen LogP contribution in [0.1, 0.15) is 17.5 Å². The Hall–Kier alpha value is -1.10. The molecular formula is C15H19ClN2O2. The molecule has 1 fully saturated rings. The maximum absolute atomic E-state index is 12.0. The SMILES string of the molecule is O=C(O)C1(N2CCCNCC2)Cc2ccc(Cl)cc2C1. The quantitative estimate of drug-likeness (QED) is 0.869. The molecule has 2 aliphatic rings. The number of hydrogen-bond acceptors (Lipinski definition) is 3. The van der Waals surface area contributed by atoms with Gasteiger partial charge in [-0.2, -0.15) is 0 Å². The van der Waals surface area contributed by atoms with Crippen molar-refractivity contribution < 1.29 is 9.90 Å². The van der Waals surface area contributed by atoms with E-state index in [1.165, 1.54) is 0 Å². The van der Waals surface area contributed by atoms with Crippen molar-refractivity contribution in [2.45, 2.75) is 24.8 Å². The van der Waals surface area contributed by atoms with Gasteiger partial charge in [0.1, 0.15) is 5.54 Å². The first kappa shape index (κ1) is 13.9. The van der Waals surface area contributed by atoms with E-state index in [4.69, 9.17) is 11.6 Å². The monoisotopic (exact) mass is 294 g/mol. The van der Waals surface area contributed by atoms with Gasteiger partial charge in [0, 0.05) is 37.5 Å². The van der Waals surface area contributed by atoms with E-state index in [1.807, 2.05) is 18.2 Å². The molecule has 3 rings (SSSR count). The van der Waals surface area contributed by atoms with E-state index in [9.17, 15) is 9.90 Å². The Bertz CT molecular complexity index is 527. The number of fused-ring (bicyclic) bond motifs is 1. The molecule has 2 N–H and O–H groups in total. The molecule has 1 atom stereocenters. The van der Waals surface area contributed by atoms with Crippen LogP contribution in [0, 0.1) is 0 Å². The van der Waals surface area contributed by atoms with Crippen molar-refractivity contribution in [3.05, 3.63) is 34.3 Å². The van der Waals surface area contributed by atoms with Gasteiger partial charge in [-0.1, -0.05) is 17.7 Å². The predicted molar refractivity (Wildman–Crippen MR) is 78.3 cm³/mol. The van der Waals surface area contributed by atoms with Crippen molar-refractivity contribution in [1.29, 1.82) is 0 Å². The summed E-state index contributed by atoms with van der Waals surface area (Å²) in [6, 6.07) is 5.73. The van der Waals surface area contributed by atoms with Crippen molar-refractivity contribution >= 4 is 17.6 Å². The number of benzene rings is 1. The molecule has 0 spiro atoms. The van der Waals surface area contributed by atoms with Crippen LogP contribution in [0.5, 0.6) is 0 Å². The molecule has 0 amide bonds. The third-order valence-electron chi connectivity index (χ3n) is 4.48. The highest BCUT2D eigenvalue weighted by atomic mass is 35.5. The minimum absolute atomic E-state index is 0.554. The molecule has 5 heteroatoms. The van der Waals surface area contributed by atoms with Gasteiger partial charge >= 0.3 is 5.97 Å². The second-order valence-electron chi connectivity index (χ2n) is 5.69. The Morgan fingerprint density at radius 3 is 2.85 bits per heavy atom. The van der Waals surface area contributed by atoms with Crippen molar-refractivity contribution in [2.24, 2.45) is 0 Å². The van der Waals surface area contributed by atoms with Crippen molar-refractivity contribution in [2.75, 3.05) is 26.2 Å². The number of carboxylic acids is 1. The van der Waals surface area contributed by atoms with E-state index in [2.05, 4.69) is 10.2 Å². The normalized spacial score (nSPS) is 27.1. The summed E-state index contributed by atoms with van der Waals surface area (Å²) in [4.78, 5) is 14.1. The van der Waals surface area contributed by atoms with Gasteiger partial charge in [0.15, 0.2) is 0 Å². The molecule has 108 valence electrons. The lowest BCUT2D eigenvalue weighted by molar-refractivity contribution is -0.151. The first-order chi connectivity index (χ1) is 9.62. The number of carbonyl (C=O) groups is 1. The van der Waals surface area contributed by atoms with Gasteiger partial charge in [-0.15, -0.1) is 0 Å². The molecule has 0 bridgehead atoms. The molecule has 1 aliphatic carbocycles. The van der Waals surface area contributed by atoms with Crippen LogP contribution >= 0.6 is 11.6 Å². The summed E-state index contributed by atoms with van der Waals surface area (Å²) in [6.07, 6.45) is 2.12. The average molecular weight is 295 g/mol. The highest BCUT2D eigenvalue weighted by Crippen LogP contribution is 2.36. The molecule has 1 saturated heterocycles. The van der Waals surface area contributed by atoms with Crippen LogP contribution in [-0.4, -0.2) is 47.7 Å². The zero-order valence-electron chi connectivity index (χ0n) is 11.4. The first-order valence-electron chi connectivity index (χ1n) is 7.08. The number of rotatable bonds is 2. The maximum Gasteiger partial charge on any atom is 0.324 e. The maximum atomic E-state index is 12.0. The fourth-order valence-corrected chi connectivity index (χ4v) is 3.60. The van der Waals surface area contributed by atoms with Gasteiger partial charge in [0.2, 0.25) is 0 Å². The van der Waals surface area contributed by atoms with Gasteiger partial charge in [0.05, 0.1) is 0 Å². The van der Waals surface area contributed by atoms with Gasteiger partial charge < -0.3 is 10.4 Å².